The van der Waals surface area contributed by atoms with Gasteiger partial charge in [0, 0.05) is 37.8 Å². The molecule has 33 heavy (non-hydrogen) atoms. The molecule has 1 saturated carbocycles. The second kappa shape index (κ2) is 12.8. The Morgan fingerprint density at radius 2 is 1.73 bits per heavy atom. The molecule has 180 valence electrons. The SMILES string of the molecule is CCN(CC)c1nc(C)nc(S)c1NC(=O)CCCN(c1ccccc1)C1CCCCCC1. The fourth-order valence-electron chi connectivity index (χ4n) is 4.73. The molecule has 1 heterocycles. The molecule has 0 unspecified atom stereocenters. The van der Waals surface area contributed by atoms with E-state index in [2.05, 4.69) is 81.9 Å². The van der Waals surface area contributed by atoms with Crippen molar-refractivity contribution < 1.29 is 4.79 Å². The normalized spacial score (nSPS) is 14.5. The summed E-state index contributed by atoms with van der Waals surface area (Å²) in [6, 6.07) is 11.2. The molecule has 1 aliphatic carbocycles. The number of aryl methyl sites for hydroxylation is 1. The smallest absolute Gasteiger partial charge is 0.224 e. The van der Waals surface area contributed by atoms with Crippen LogP contribution in [-0.2, 0) is 4.79 Å². The Morgan fingerprint density at radius 1 is 1.06 bits per heavy atom. The molecule has 3 rings (SSSR count). The maximum absolute atomic E-state index is 12.9. The maximum Gasteiger partial charge on any atom is 0.224 e. The van der Waals surface area contributed by atoms with Crippen molar-refractivity contribution in [2.24, 2.45) is 0 Å². The van der Waals surface area contributed by atoms with Gasteiger partial charge < -0.3 is 15.1 Å². The molecule has 6 nitrogen and oxygen atoms in total. The van der Waals surface area contributed by atoms with Crippen molar-refractivity contribution >= 4 is 35.7 Å². The number of anilines is 3. The first-order valence-corrected chi connectivity index (χ1v) is 12.9. The standard InChI is InChI=1S/C26H39N5OS/c1-4-30(5-2)25-24(26(33)28-20(3)27-25)29-23(32)18-13-19-31(22-16-11-8-12-17-22)21-14-9-6-7-10-15-21/h8,11-12,16-17,21H,4-7,9-10,13-15,18-19H2,1-3H3,(H,29,32)(H,27,28,33). The van der Waals surface area contributed by atoms with E-state index in [-0.39, 0.29) is 5.91 Å². The summed E-state index contributed by atoms with van der Waals surface area (Å²) < 4.78 is 0. The van der Waals surface area contributed by atoms with Crippen molar-refractivity contribution in [3.8, 4) is 0 Å². The van der Waals surface area contributed by atoms with Crippen molar-refractivity contribution in [1.82, 2.24) is 9.97 Å². The third kappa shape index (κ3) is 7.10. The van der Waals surface area contributed by atoms with E-state index in [1.54, 1.807) is 0 Å². The molecule has 1 N–H and O–H groups in total. The van der Waals surface area contributed by atoms with Gasteiger partial charge in [-0.15, -0.1) is 12.6 Å². The van der Waals surface area contributed by atoms with Crippen molar-refractivity contribution in [1.29, 1.82) is 0 Å². The number of amides is 1. The Bertz CT molecular complexity index is 880. The van der Waals surface area contributed by atoms with E-state index in [0.717, 1.165) is 31.9 Å². The minimum Gasteiger partial charge on any atom is -0.369 e. The Kier molecular flexibility index (Phi) is 9.85. The molecule has 7 heteroatoms. The van der Waals surface area contributed by atoms with Gasteiger partial charge in [-0.1, -0.05) is 43.9 Å². The van der Waals surface area contributed by atoms with Crippen LogP contribution in [0.5, 0.6) is 0 Å². The van der Waals surface area contributed by atoms with Gasteiger partial charge in [-0.2, -0.15) is 0 Å². The highest BCUT2D eigenvalue weighted by molar-refractivity contribution is 7.80. The first kappa shape index (κ1) is 25.3. The Labute approximate surface area is 204 Å². The van der Waals surface area contributed by atoms with Gasteiger partial charge in [-0.25, -0.2) is 9.97 Å². The fourth-order valence-corrected chi connectivity index (χ4v) is 5.03. The largest absolute Gasteiger partial charge is 0.369 e. The van der Waals surface area contributed by atoms with Gasteiger partial charge in [0.25, 0.3) is 0 Å². The van der Waals surface area contributed by atoms with E-state index in [1.807, 2.05) is 6.92 Å². The van der Waals surface area contributed by atoms with Crippen LogP contribution in [0.1, 0.15) is 71.0 Å². The van der Waals surface area contributed by atoms with E-state index >= 15 is 0 Å². The molecule has 1 amide bonds. The number of rotatable bonds is 10. The second-order valence-electron chi connectivity index (χ2n) is 8.79. The highest BCUT2D eigenvalue weighted by Crippen LogP contribution is 2.30. The number of carbonyl (C=O) groups excluding carboxylic acids is 1. The van der Waals surface area contributed by atoms with E-state index in [0.29, 0.717) is 29.0 Å². The molecule has 1 aliphatic rings. The van der Waals surface area contributed by atoms with Crippen LogP contribution in [0.3, 0.4) is 0 Å². The van der Waals surface area contributed by atoms with Gasteiger partial charge in [0.1, 0.15) is 16.5 Å². The lowest BCUT2D eigenvalue weighted by molar-refractivity contribution is -0.116. The quantitative estimate of drug-likeness (QED) is 0.259. The molecule has 0 aliphatic heterocycles. The molecular weight excluding hydrogens is 430 g/mol. The zero-order valence-corrected chi connectivity index (χ0v) is 21.3. The minimum absolute atomic E-state index is 0.0139. The van der Waals surface area contributed by atoms with E-state index in [4.69, 9.17) is 0 Å². The molecule has 1 fully saturated rings. The molecule has 1 aromatic carbocycles. The lowest BCUT2D eigenvalue weighted by atomic mass is 10.1. The second-order valence-corrected chi connectivity index (χ2v) is 9.21. The Morgan fingerprint density at radius 3 is 2.36 bits per heavy atom. The summed E-state index contributed by atoms with van der Waals surface area (Å²) in [6.07, 6.45) is 8.97. The summed E-state index contributed by atoms with van der Waals surface area (Å²) >= 11 is 4.53. The average molecular weight is 470 g/mol. The Hall–Kier alpha value is -2.28. The number of benzene rings is 1. The number of thiol groups is 1. The molecule has 0 bridgehead atoms. The van der Waals surface area contributed by atoms with Gasteiger partial charge in [0.2, 0.25) is 5.91 Å². The van der Waals surface area contributed by atoms with Gasteiger partial charge in [-0.05, 0) is 52.2 Å². The summed E-state index contributed by atoms with van der Waals surface area (Å²) in [6.45, 7) is 8.49. The molecular formula is C26H39N5OS. The third-order valence-corrected chi connectivity index (χ3v) is 6.79. The maximum atomic E-state index is 12.9. The van der Waals surface area contributed by atoms with Gasteiger partial charge in [0.15, 0.2) is 5.82 Å². The lowest BCUT2D eigenvalue weighted by Gasteiger charge is -2.33. The van der Waals surface area contributed by atoms with Crippen molar-refractivity contribution in [3.05, 3.63) is 36.2 Å². The topological polar surface area (TPSA) is 61.4 Å². The molecule has 1 aromatic heterocycles. The van der Waals surface area contributed by atoms with Crippen LogP contribution < -0.4 is 15.1 Å². The van der Waals surface area contributed by atoms with E-state index in [1.165, 1.54) is 44.2 Å². The Balaban J connectivity index is 1.66. The summed E-state index contributed by atoms with van der Waals surface area (Å²) in [5, 5.41) is 3.57. The zero-order valence-electron chi connectivity index (χ0n) is 20.4. The molecule has 0 spiro atoms. The zero-order chi connectivity index (χ0) is 23.6. The van der Waals surface area contributed by atoms with E-state index < -0.39 is 0 Å². The molecule has 0 atom stereocenters. The van der Waals surface area contributed by atoms with Crippen LogP contribution in [0.25, 0.3) is 0 Å². The number of nitrogens with zero attached hydrogens (tertiary/aromatic N) is 4. The minimum atomic E-state index is -0.0139. The summed E-state index contributed by atoms with van der Waals surface area (Å²) in [7, 11) is 0. The highest BCUT2D eigenvalue weighted by Gasteiger charge is 2.21. The number of carbonyl (C=O) groups is 1. The van der Waals surface area contributed by atoms with Gasteiger partial charge >= 0.3 is 0 Å². The van der Waals surface area contributed by atoms with Crippen molar-refractivity contribution in [2.75, 3.05) is 34.8 Å². The van der Waals surface area contributed by atoms with Gasteiger partial charge in [0.05, 0.1) is 0 Å². The molecule has 2 aromatic rings. The summed E-state index contributed by atoms with van der Waals surface area (Å²) in [4.78, 5) is 26.5. The average Bonchev–Trinajstić information content (AvgIpc) is 3.10. The van der Waals surface area contributed by atoms with Crippen LogP contribution in [0.4, 0.5) is 17.2 Å². The molecule has 0 saturated heterocycles. The number of aromatic nitrogens is 2. The fraction of sp³-hybridized carbons (Fsp3) is 0.577. The van der Waals surface area contributed by atoms with Crippen LogP contribution >= 0.6 is 12.6 Å². The number of para-hydroxylation sites is 1. The number of hydrogen-bond acceptors (Lipinski definition) is 6. The van der Waals surface area contributed by atoms with Crippen LogP contribution in [0.2, 0.25) is 0 Å². The van der Waals surface area contributed by atoms with Crippen molar-refractivity contribution in [3.63, 3.8) is 0 Å². The lowest BCUT2D eigenvalue weighted by Crippen LogP contribution is -2.36. The predicted molar refractivity (Wildman–Crippen MR) is 141 cm³/mol. The number of nitrogens with one attached hydrogen (secondary N) is 1. The predicted octanol–water partition coefficient (Wildman–Crippen LogP) is 5.87. The summed E-state index contributed by atoms with van der Waals surface area (Å²) in [5.74, 6) is 1.39. The van der Waals surface area contributed by atoms with Crippen LogP contribution in [0, 0.1) is 6.92 Å². The van der Waals surface area contributed by atoms with E-state index in [9.17, 15) is 4.79 Å². The van der Waals surface area contributed by atoms with Gasteiger partial charge in [-0.3, -0.25) is 4.79 Å². The third-order valence-electron chi connectivity index (χ3n) is 6.47. The number of hydrogen-bond donors (Lipinski definition) is 2. The first-order chi connectivity index (χ1) is 16.0. The summed E-state index contributed by atoms with van der Waals surface area (Å²) in [5.41, 5.74) is 1.87. The molecule has 0 radical (unpaired) electrons. The first-order valence-electron chi connectivity index (χ1n) is 12.5. The van der Waals surface area contributed by atoms with Crippen LogP contribution in [0.15, 0.2) is 35.4 Å². The van der Waals surface area contributed by atoms with Crippen molar-refractivity contribution in [2.45, 2.75) is 83.2 Å². The highest BCUT2D eigenvalue weighted by atomic mass is 32.1. The van der Waals surface area contributed by atoms with Crippen LogP contribution in [-0.4, -0.2) is 41.6 Å². The monoisotopic (exact) mass is 469 g/mol.